The van der Waals surface area contributed by atoms with Gasteiger partial charge in [0.2, 0.25) is 10.0 Å². The first-order valence-corrected chi connectivity index (χ1v) is 10.4. The lowest BCUT2D eigenvalue weighted by Gasteiger charge is -2.14. The van der Waals surface area contributed by atoms with Crippen LogP contribution in [0.5, 0.6) is 0 Å². The number of amides is 1. The maximum atomic E-state index is 12.2. The van der Waals surface area contributed by atoms with E-state index in [0.29, 0.717) is 10.7 Å². The Balaban J connectivity index is 2.02. The molecule has 2 aromatic rings. The molecule has 1 atom stereocenters. The van der Waals surface area contributed by atoms with Crippen molar-refractivity contribution in [1.29, 1.82) is 0 Å². The lowest BCUT2D eigenvalue weighted by atomic mass is 10.2. The minimum absolute atomic E-state index is 0.0223. The molecule has 0 aliphatic heterocycles. The molecule has 1 amide bonds. The van der Waals surface area contributed by atoms with E-state index >= 15 is 0 Å². The van der Waals surface area contributed by atoms with Gasteiger partial charge in [-0.15, -0.1) is 0 Å². The number of halogens is 2. The first-order valence-electron chi connectivity index (χ1n) is 8.20. The van der Waals surface area contributed by atoms with E-state index in [1.807, 2.05) is 0 Å². The molecule has 2 aromatic carbocycles. The lowest BCUT2D eigenvalue weighted by Crippen LogP contribution is -2.30. The van der Waals surface area contributed by atoms with Crippen molar-refractivity contribution in [3.63, 3.8) is 0 Å². The van der Waals surface area contributed by atoms with Gasteiger partial charge in [-0.1, -0.05) is 30.1 Å². The number of benzene rings is 2. The molecule has 0 saturated heterocycles. The van der Waals surface area contributed by atoms with E-state index in [-0.39, 0.29) is 22.0 Å². The third kappa shape index (κ3) is 5.68. The standard InChI is InChI=1S/C18H18Cl2N2O5S/c1-3-21-28(25,26)14-7-4-12(5-8-14)18(24)27-11(2)17(23)22-16-9-6-13(19)10-15(16)20/h4-11,21H,3H2,1-2H3,(H,22,23). The summed E-state index contributed by atoms with van der Waals surface area (Å²) in [5, 5.41) is 3.21. The Kier molecular flexibility index (Phi) is 7.42. The molecule has 0 aliphatic rings. The molecule has 150 valence electrons. The van der Waals surface area contributed by atoms with Crippen LogP contribution in [0.3, 0.4) is 0 Å². The fourth-order valence-electron chi connectivity index (χ4n) is 2.15. The molecular formula is C18H18Cl2N2O5S. The Morgan fingerprint density at radius 3 is 2.32 bits per heavy atom. The van der Waals surface area contributed by atoms with Gasteiger partial charge >= 0.3 is 5.97 Å². The predicted molar refractivity (Wildman–Crippen MR) is 107 cm³/mol. The van der Waals surface area contributed by atoms with Gasteiger partial charge in [0.25, 0.3) is 5.91 Å². The summed E-state index contributed by atoms with van der Waals surface area (Å²) in [4.78, 5) is 24.4. The van der Waals surface area contributed by atoms with Crippen molar-refractivity contribution in [1.82, 2.24) is 4.72 Å². The van der Waals surface area contributed by atoms with Crippen LogP contribution < -0.4 is 10.0 Å². The number of carbonyl (C=O) groups is 2. The second kappa shape index (κ2) is 9.38. The largest absolute Gasteiger partial charge is 0.449 e. The van der Waals surface area contributed by atoms with Gasteiger partial charge in [0, 0.05) is 11.6 Å². The number of carbonyl (C=O) groups excluding carboxylic acids is 2. The Morgan fingerprint density at radius 2 is 1.75 bits per heavy atom. The molecule has 28 heavy (non-hydrogen) atoms. The summed E-state index contributed by atoms with van der Waals surface area (Å²) in [5.74, 6) is -1.35. The molecule has 0 radical (unpaired) electrons. The fraction of sp³-hybridized carbons (Fsp3) is 0.222. The Bertz CT molecular complexity index is 978. The van der Waals surface area contributed by atoms with Gasteiger partial charge in [-0.25, -0.2) is 17.9 Å². The summed E-state index contributed by atoms with van der Waals surface area (Å²) < 4.78 is 31.3. The number of anilines is 1. The molecule has 2 rings (SSSR count). The molecule has 0 heterocycles. The van der Waals surface area contributed by atoms with Gasteiger partial charge in [-0.2, -0.15) is 0 Å². The van der Waals surface area contributed by atoms with Crippen LogP contribution >= 0.6 is 23.2 Å². The van der Waals surface area contributed by atoms with Gasteiger partial charge in [0.05, 0.1) is 21.2 Å². The predicted octanol–water partition coefficient (Wildman–Crippen LogP) is 3.48. The molecule has 2 N–H and O–H groups in total. The number of sulfonamides is 1. The SMILES string of the molecule is CCNS(=O)(=O)c1ccc(C(=O)OC(C)C(=O)Nc2ccc(Cl)cc2Cl)cc1. The summed E-state index contributed by atoms with van der Waals surface area (Å²) in [6.07, 6.45) is -1.11. The van der Waals surface area contributed by atoms with E-state index in [2.05, 4.69) is 10.0 Å². The van der Waals surface area contributed by atoms with Crippen molar-refractivity contribution in [2.45, 2.75) is 24.8 Å². The first-order chi connectivity index (χ1) is 13.1. The Morgan fingerprint density at radius 1 is 1.11 bits per heavy atom. The molecule has 1 unspecified atom stereocenters. The van der Waals surface area contributed by atoms with E-state index in [0.717, 1.165) is 0 Å². The summed E-state index contributed by atoms with van der Waals surface area (Å²) >= 11 is 11.8. The lowest BCUT2D eigenvalue weighted by molar-refractivity contribution is -0.123. The molecule has 0 saturated carbocycles. The quantitative estimate of drug-likeness (QED) is 0.636. The summed E-state index contributed by atoms with van der Waals surface area (Å²) in [7, 11) is -3.62. The molecule has 0 spiro atoms. The smallest absolute Gasteiger partial charge is 0.338 e. The summed E-state index contributed by atoms with van der Waals surface area (Å²) in [5.41, 5.74) is 0.441. The molecule has 0 aromatic heterocycles. The van der Waals surface area contributed by atoms with Crippen LogP contribution in [0, 0.1) is 0 Å². The molecular weight excluding hydrogens is 427 g/mol. The average Bonchev–Trinajstić information content (AvgIpc) is 2.64. The average molecular weight is 445 g/mol. The highest BCUT2D eigenvalue weighted by atomic mass is 35.5. The number of nitrogens with one attached hydrogen (secondary N) is 2. The molecule has 7 nitrogen and oxygen atoms in total. The van der Waals surface area contributed by atoms with E-state index < -0.39 is 28.0 Å². The van der Waals surface area contributed by atoms with E-state index in [1.54, 1.807) is 13.0 Å². The Labute approximate surface area is 173 Å². The summed E-state index contributed by atoms with van der Waals surface area (Å²) in [6, 6.07) is 9.75. The normalized spacial score (nSPS) is 12.3. The molecule has 0 bridgehead atoms. The van der Waals surface area contributed by atoms with Gasteiger partial charge < -0.3 is 10.1 Å². The highest BCUT2D eigenvalue weighted by Gasteiger charge is 2.21. The van der Waals surface area contributed by atoms with Crippen LogP contribution in [0.25, 0.3) is 0 Å². The van der Waals surface area contributed by atoms with Crippen LogP contribution in [0.15, 0.2) is 47.4 Å². The van der Waals surface area contributed by atoms with Crippen molar-refractivity contribution in [3.05, 3.63) is 58.1 Å². The van der Waals surface area contributed by atoms with Crippen molar-refractivity contribution < 1.29 is 22.7 Å². The van der Waals surface area contributed by atoms with E-state index in [4.69, 9.17) is 27.9 Å². The zero-order valence-electron chi connectivity index (χ0n) is 15.0. The number of rotatable bonds is 7. The van der Waals surface area contributed by atoms with Crippen molar-refractivity contribution >= 4 is 50.8 Å². The number of hydrogen-bond donors (Lipinski definition) is 2. The molecule has 0 fully saturated rings. The first kappa shape index (κ1) is 22.2. The van der Waals surface area contributed by atoms with Crippen LogP contribution in [-0.2, 0) is 19.6 Å². The fourth-order valence-corrected chi connectivity index (χ4v) is 3.65. The van der Waals surface area contributed by atoms with Crippen LogP contribution in [-0.4, -0.2) is 32.9 Å². The van der Waals surface area contributed by atoms with Crippen LogP contribution in [0.4, 0.5) is 5.69 Å². The summed E-state index contributed by atoms with van der Waals surface area (Å²) in [6.45, 7) is 3.31. The van der Waals surface area contributed by atoms with Crippen LogP contribution in [0.1, 0.15) is 24.2 Å². The number of esters is 1. The molecule has 0 aliphatic carbocycles. The van der Waals surface area contributed by atoms with Gasteiger partial charge in [0.15, 0.2) is 6.10 Å². The maximum Gasteiger partial charge on any atom is 0.338 e. The van der Waals surface area contributed by atoms with Crippen LogP contribution in [0.2, 0.25) is 10.0 Å². The molecule has 10 heteroatoms. The Hall–Kier alpha value is -2.13. The maximum absolute atomic E-state index is 12.2. The van der Waals surface area contributed by atoms with Crippen molar-refractivity contribution in [2.24, 2.45) is 0 Å². The highest BCUT2D eigenvalue weighted by molar-refractivity contribution is 7.89. The van der Waals surface area contributed by atoms with Crippen molar-refractivity contribution in [3.8, 4) is 0 Å². The van der Waals surface area contributed by atoms with Gasteiger partial charge in [-0.3, -0.25) is 4.79 Å². The third-order valence-electron chi connectivity index (χ3n) is 3.58. The second-order valence-corrected chi connectivity index (χ2v) is 8.30. The van der Waals surface area contributed by atoms with Crippen molar-refractivity contribution in [2.75, 3.05) is 11.9 Å². The zero-order valence-corrected chi connectivity index (χ0v) is 17.4. The third-order valence-corrected chi connectivity index (χ3v) is 5.69. The number of ether oxygens (including phenoxy) is 1. The van der Waals surface area contributed by atoms with Gasteiger partial charge in [0.1, 0.15) is 0 Å². The minimum atomic E-state index is -3.62. The zero-order chi connectivity index (χ0) is 20.9. The van der Waals surface area contributed by atoms with Gasteiger partial charge in [-0.05, 0) is 49.4 Å². The highest BCUT2D eigenvalue weighted by Crippen LogP contribution is 2.25. The second-order valence-electron chi connectivity index (χ2n) is 5.69. The van der Waals surface area contributed by atoms with E-state index in [9.17, 15) is 18.0 Å². The topological polar surface area (TPSA) is 102 Å². The monoisotopic (exact) mass is 444 g/mol. The minimum Gasteiger partial charge on any atom is -0.449 e. The van der Waals surface area contributed by atoms with E-state index in [1.165, 1.54) is 43.3 Å². The number of hydrogen-bond acceptors (Lipinski definition) is 5.